The van der Waals surface area contributed by atoms with Gasteiger partial charge < -0.3 is 15.4 Å². The van der Waals surface area contributed by atoms with Gasteiger partial charge in [-0.15, -0.1) is 0 Å². The highest BCUT2D eigenvalue weighted by molar-refractivity contribution is 5.77. The van der Waals surface area contributed by atoms with Gasteiger partial charge >= 0.3 is 0 Å². The first-order valence-electron chi connectivity index (χ1n) is 7.09. The highest BCUT2D eigenvalue weighted by Crippen LogP contribution is 2.21. The Hall–Kier alpha value is -3.14. The van der Waals surface area contributed by atoms with Crippen molar-refractivity contribution in [3.63, 3.8) is 0 Å². The Morgan fingerprint density at radius 3 is 2.38 bits per heavy atom. The van der Waals surface area contributed by atoms with Gasteiger partial charge in [-0.25, -0.2) is 8.78 Å². The Kier molecular flexibility index (Phi) is 5.68. The van der Waals surface area contributed by atoms with Gasteiger partial charge in [0.2, 0.25) is 0 Å². The molecule has 0 saturated carbocycles. The lowest BCUT2D eigenvalue weighted by Crippen LogP contribution is -2.24. The third-order valence-corrected chi connectivity index (χ3v) is 3.21. The molecule has 0 atom stereocenters. The zero-order chi connectivity index (χ0) is 17.5. The first-order chi connectivity index (χ1) is 11.5. The molecular formula is C17H15F2N3O2. The summed E-state index contributed by atoms with van der Waals surface area (Å²) in [7, 11) is 1.52. The fourth-order valence-electron chi connectivity index (χ4n) is 1.92. The van der Waals surface area contributed by atoms with Crippen LogP contribution >= 0.6 is 0 Å². The Morgan fingerprint density at radius 2 is 1.83 bits per heavy atom. The summed E-state index contributed by atoms with van der Waals surface area (Å²) in [6, 6.07) is 10.4. The van der Waals surface area contributed by atoms with Crippen LogP contribution in [0, 0.1) is 23.0 Å². The van der Waals surface area contributed by atoms with Crippen molar-refractivity contribution in [3.8, 4) is 11.8 Å². The molecule has 1 amide bonds. The average Bonchev–Trinajstić information content (AvgIpc) is 2.59. The van der Waals surface area contributed by atoms with Crippen molar-refractivity contribution in [1.82, 2.24) is 5.32 Å². The maximum Gasteiger partial charge on any atom is 0.257 e. The normalized spacial score (nSPS) is 9.92. The molecule has 7 heteroatoms. The van der Waals surface area contributed by atoms with Gasteiger partial charge in [-0.05, 0) is 29.8 Å². The van der Waals surface area contributed by atoms with Gasteiger partial charge in [-0.3, -0.25) is 4.79 Å². The van der Waals surface area contributed by atoms with E-state index in [4.69, 9.17) is 10.00 Å². The number of likely N-dealkylation sites (N-methyl/N-ethyl adjacent to an activating group) is 1. The predicted molar refractivity (Wildman–Crippen MR) is 84.4 cm³/mol. The standard InChI is InChI=1S/C17H15F2N3O2/c1-21-16(23)10-24-13-4-2-11(3-5-13)9-22-17-14(18)6-12(8-20)7-15(17)19/h2-7,22H,9-10H2,1H3,(H,21,23). The molecule has 5 nitrogen and oxygen atoms in total. The van der Waals surface area contributed by atoms with Crippen molar-refractivity contribution in [2.75, 3.05) is 19.0 Å². The Balaban J connectivity index is 1.98. The number of carbonyl (C=O) groups is 1. The number of benzene rings is 2. The molecule has 24 heavy (non-hydrogen) atoms. The van der Waals surface area contributed by atoms with Crippen LogP contribution in [0.15, 0.2) is 36.4 Å². The number of rotatable bonds is 6. The lowest BCUT2D eigenvalue weighted by atomic mass is 10.1. The summed E-state index contributed by atoms with van der Waals surface area (Å²) < 4.78 is 32.8. The number of halogens is 2. The highest BCUT2D eigenvalue weighted by Gasteiger charge is 2.11. The number of anilines is 1. The second-order valence-electron chi connectivity index (χ2n) is 4.89. The van der Waals surface area contributed by atoms with E-state index in [1.165, 1.54) is 7.05 Å². The molecule has 0 aliphatic carbocycles. The summed E-state index contributed by atoms with van der Waals surface area (Å²) in [5.74, 6) is -1.38. The predicted octanol–water partition coefficient (Wildman–Crippen LogP) is 2.57. The molecule has 2 N–H and O–H groups in total. The van der Waals surface area contributed by atoms with E-state index in [2.05, 4.69) is 10.6 Å². The van der Waals surface area contributed by atoms with Crippen LogP contribution in [0.5, 0.6) is 5.75 Å². The van der Waals surface area contributed by atoms with Gasteiger partial charge in [-0.1, -0.05) is 12.1 Å². The number of amides is 1. The molecule has 0 aromatic heterocycles. The van der Waals surface area contributed by atoms with Crippen molar-refractivity contribution < 1.29 is 18.3 Å². The summed E-state index contributed by atoms with van der Waals surface area (Å²) >= 11 is 0. The van der Waals surface area contributed by atoms with Gasteiger partial charge in [0, 0.05) is 13.6 Å². The molecule has 2 rings (SSSR count). The third-order valence-electron chi connectivity index (χ3n) is 3.21. The zero-order valence-corrected chi connectivity index (χ0v) is 12.9. The third kappa shape index (κ3) is 4.43. The fourth-order valence-corrected chi connectivity index (χ4v) is 1.92. The molecule has 0 heterocycles. The lowest BCUT2D eigenvalue weighted by Gasteiger charge is -2.10. The van der Waals surface area contributed by atoms with Gasteiger partial charge in [0.1, 0.15) is 11.4 Å². The summed E-state index contributed by atoms with van der Waals surface area (Å²) in [6.45, 7) is 0.102. The molecule has 0 fully saturated rings. The molecule has 0 unspecified atom stereocenters. The number of nitrogens with one attached hydrogen (secondary N) is 2. The molecule has 0 aliphatic heterocycles. The maximum atomic E-state index is 13.8. The van der Waals surface area contributed by atoms with Crippen molar-refractivity contribution in [2.24, 2.45) is 0 Å². The minimum absolute atomic E-state index is 0.0758. The minimum Gasteiger partial charge on any atom is -0.484 e. The second kappa shape index (κ2) is 7.92. The lowest BCUT2D eigenvalue weighted by molar-refractivity contribution is -0.122. The van der Waals surface area contributed by atoms with Gasteiger partial charge in [0.15, 0.2) is 18.2 Å². The van der Waals surface area contributed by atoms with Crippen molar-refractivity contribution in [3.05, 3.63) is 59.2 Å². The smallest absolute Gasteiger partial charge is 0.257 e. The van der Waals surface area contributed by atoms with Gasteiger partial charge in [0.05, 0.1) is 11.6 Å². The molecule has 0 aliphatic rings. The van der Waals surface area contributed by atoms with Crippen molar-refractivity contribution in [1.29, 1.82) is 5.26 Å². The molecule has 0 radical (unpaired) electrons. The van der Waals surface area contributed by atoms with Crippen molar-refractivity contribution >= 4 is 11.6 Å². The summed E-state index contributed by atoms with van der Waals surface area (Å²) in [6.07, 6.45) is 0. The summed E-state index contributed by atoms with van der Waals surface area (Å²) in [5.41, 5.74) is 0.410. The molecule has 124 valence electrons. The second-order valence-corrected chi connectivity index (χ2v) is 4.89. The van der Waals surface area contributed by atoms with E-state index in [-0.39, 0.29) is 30.3 Å². The Labute approximate surface area is 137 Å². The largest absolute Gasteiger partial charge is 0.484 e. The SMILES string of the molecule is CNC(=O)COc1ccc(CNc2c(F)cc(C#N)cc2F)cc1. The van der Waals surface area contributed by atoms with Crippen LogP contribution in [0.1, 0.15) is 11.1 Å². The Bertz CT molecular complexity index is 747. The first-order valence-corrected chi connectivity index (χ1v) is 7.09. The number of nitriles is 1. The number of carbonyl (C=O) groups excluding carboxylic acids is 1. The van der Waals surface area contributed by atoms with Gasteiger partial charge in [0.25, 0.3) is 5.91 Å². The topological polar surface area (TPSA) is 74.2 Å². The van der Waals surface area contributed by atoms with E-state index in [0.29, 0.717) is 5.75 Å². The van der Waals surface area contributed by atoms with Crippen LogP contribution in [0.25, 0.3) is 0 Å². The average molecular weight is 331 g/mol. The van der Waals surface area contributed by atoms with E-state index in [9.17, 15) is 13.6 Å². The number of hydrogen-bond donors (Lipinski definition) is 2. The van der Waals surface area contributed by atoms with Gasteiger partial charge in [-0.2, -0.15) is 5.26 Å². The zero-order valence-electron chi connectivity index (χ0n) is 12.9. The molecule has 2 aromatic carbocycles. The number of ether oxygens (including phenoxy) is 1. The monoisotopic (exact) mass is 331 g/mol. The van der Waals surface area contributed by atoms with Crippen LogP contribution < -0.4 is 15.4 Å². The van der Waals surface area contributed by atoms with Crippen LogP contribution in [0.4, 0.5) is 14.5 Å². The van der Waals surface area contributed by atoms with E-state index in [1.54, 1.807) is 30.3 Å². The quantitative estimate of drug-likeness (QED) is 0.853. The fraction of sp³-hybridized carbons (Fsp3) is 0.176. The minimum atomic E-state index is -0.822. The molecular weight excluding hydrogens is 316 g/mol. The van der Waals surface area contributed by atoms with E-state index >= 15 is 0 Å². The van der Waals surface area contributed by atoms with E-state index < -0.39 is 11.6 Å². The first kappa shape index (κ1) is 17.2. The molecule has 0 spiro atoms. The molecule has 2 aromatic rings. The highest BCUT2D eigenvalue weighted by atomic mass is 19.1. The number of hydrogen-bond acceptors (Lipinski definition) is 4. The molecule has 0 saturated heterocycles. The van der Waals surface area contributed by atoms with E-state index in [0.717, 1.165) is 17.7 Å². The molecule has 0 bridgehead atoms. The Morgan fingerprint density at radius 1 is 1.21 bits per heavy atom. The summed E-state index contributed by atoms with van der Waals surface area (Å²) in [5, 5.41) is 13.8. The van der Waals surface area contributed by atoms with Crippen molar-refractivity contribution in [2.45, 2.75) is 6.54 Å². The maximum absolute atomic E-state index is 13.8. The number of nitrogens with zero attached hydrogens (tertiary/aromatic N) is 1. The summed E-state index contributed by atoms with van der Waals surface area (Å²) in [4.78, 5) is 11.1. The van der Waals surface area contributed by atoms with Crippen LogP contribution in [-0.4, -0.2) is 19.6 Å². The van der Waals surface area contributed by atoms with E-state index in [1.807, 2.05) is 0 Å². The van der Waals surface area contributed by atoms with Crippen LogP contribution in [-0.2, 0) is 11.3 Å². The van der Waals surface area contributed by atoms with Crippen LogP contribution in [0.3, 0.4) is 0 Å². The van der Waals surface area contributed by atoms with Crippen LogP contribution in [0.2, 0.25) is 0 Å².